The summed E-state index contributed by atoms with van der Waals surface area (Å²) in [6, 6.07) is 18.1. The molecule has 1 amide bonds. The maximum absolute atomic E-state index is 12.4. The summed E-state index contributed by atoms with van der Waals surface area (Å²) in [5, 5.41) is 2.86. The predicted octanol–water partition coefficient (Wildman–Crippen LogP) is 4.71. The van der Waals surface area contributed by atoms with Crippen LogP contribution in [0.3, 0.4) is 0 Å². The molecule has 0 aromatic heterocycles. The SMILES string of the molecule is CC(=O)C(=Cc1ccc(C(C)(C)C)cc1)C(=O)NCCCc1ccccc1. The molecule has 2 aromatic carbocycles. The summed E-state index contributed by atoms with van der Waals surface area (Å²) in [6.07, 6.45) is 3.40. The number of rotatable bonds is 7. The third kappa shape index (κ3) is 6.52. The summed E-state index contributed by atoms with van der Waals surface area (Å²) in [5.74, 6) is -0.536. The normalized spacial score (nSPS) is 11.9. The van der Waals surface area contributed by atoms with Gasteiger partial charge in [0.2, 0.25) is 0 Å². The highest BCUT2D eigenvalue weighted by atomic mass is 16.2. The highest BCUT2D eigenvalue weighted by Gasteiger charge is 2.15. The number of ketones is 1. The Bertz CT molecular complexity index is 797. The Morgan fingerprint density at radius 3 is 2.15 bits per heavy atom. The van der Waals surface area contributed by atoms with Crippen LogP contribution in [0.5, 0.6) is 0 Å². The third-order valence-electron chi connectivity index (χ3n) is 4.48. The lowest BCUT2D eigenvalue weighted by Gasteiger charge is -2.18. The van der Waals surface area contributed by atoms with Crippen molar-refractivity contribution in [2.45, 2.75) is 46.0 Å². The van der Waals surface area contributed by atoms with Crippen molar-refractivity contribution in [3.8, 4) is 0 Å². The number of carbonyl (C=O) groups is 2. The van der Waals surface area contributed by atoms with Gasteiger partial charge >= 0.3 is 0 Å². The molecule has 0 aliphatic carbocycles. The quantitative estimate of drug-likeness (QED) is 0.335. The van der Waals surface area contributed by atoms with Gasteiger partial charge in [0.1, 0.15) is 0 Å². The van der Waals surface area contributed by atoms with E-state index in [9.17, 15) is 9.59 Å². The van der Waals surface area contributed by atoms with E-state index in [1.165, 1.54) is 18.1 Å². The number of amides is 1. The van der Waals surface area contributed by atoms with Gasteiger partial charge in [0, 0.05) is 6.54 Å². The number of aryl methyl sites for hydroxylation is 1. The molecule has 2 rings (SSSR count). The molecule has 0 fully saturated rings. The lowest BCUT2D eigenvalue weighted by Crippen LogP contribution is -2.28. The fraction of sp³-hybridized carbons (Fsp3) is 0.333. The molecule has 1 N–H and O–H groups in total. The summed E-state index contributed by atoms with van der Waals surface area (Å²) >= 11 is 0. The van der Waals surface area contributed by atoms with E-state index in [1.54, 1.807) is 6.08 Å². The topological polar surface area (TPSA) is 46.2 Å². The van der Waals surface area contributed by atoms with Crippen molar-refractivity contribution in [3.63, 3.8) is 0 Å². The van der Waals surface area contributed by atoms with Crippen LogP contribution in [0.15, 0.2) is 60.2 Å². The van der Waals surface area contributed by atoms with Crippen LogP contribution in [-0.2, 0) is 21.4 Å². The molecule has 142 valence electrons. The lowest BCUT2D eigenvalue weighted by molar-refractivity contribution is -0.121. The zero-order chi connectivity index (χ0) is 19.9. The van der Waals surface area contributed by atoms with Crippen LogP contribution in [0.1, 0.15) is 50.8 Å². The van der Waals surface area contributed by atoms with Crippen LogP contribution in [0.4, 0.5) is 0 Å². The van der Waals surface area contributed by atoms with Gasteiger partial charge in [-0.3, -0.25) is 9.59 Å². The van der Waals surface area contributed by atoms with Crippen LogP contribution in [-0.4, -0.2) is 18.2 Å². The van der Waals surface area contributed by atoms with Crippen molar-refractivity contribution in [1.29, 1.82) is 0 Å². The average molecular weight is 364 g/mol. The molecule has 3 nitrogen and oxygen atoms in total. The zero-order valence-corrected chi connectivity index (χ0v) is 16.7. The minimum absolute atomic E-state index is 0.0712. The first-order valence-electron chi connectivity index (χ1n) is 9.42. The second kappa shape index (κ2) is 9.31. The number of nitrogens with one attached hydrogen (secondary N) is 1. The van der Waals surface area contributed by atoms with Crippen molar-refractivity contribution in [3.05, 3.63) is 76.9 Å². The summed E-state index contributed by atoms with van der Waals surface area (Å²) in [4.78, 5) is 24.4. The molecule has 0 aliphatic rings. The maximum Gasteiger partial charge on any atom is 0.254 e. The Morgan fingerprint density at radius 2 is 1.59 bits per heavy atom. The molecule has 0 aliphatic heterocycles. The number of benzene rings is 2. The Hall–Kier alpha value is -2.68. The van der Waals surface area contributed by atoms with Crippen molar-refractivity contribution in [1.82, 2.24) is 5.32 Å². The molecule has 2 aromatic rings. The van der Waals surface area contributed by atoms with E-state index in [0.29, 0.717) is 6.54 Å². The van der Waals surface area contributed by atoms with Crippen molar-refractivity contribution in [2.75, 3.05) is 6.54 Å². The minimum Gasteiger partial charge on any atom is -0.352 e. The molecule has 27 heavy (non-hydrogen) atoms. The lowest BCUT2D eigenvalue weighted by atomic mass is 9.86. The summed E-state index contributed by atoms with van der Waals surface area (Å²) in [6.45, 7) is 8.44. The Labute approximate surface area is 162 Å². The molecule has 0 bridgehead atoms. The molecule has 0 atom stereocenters. The van der Waals surface area contributed by atoms with E-state index in [-0.39, 0.29) is 22.7 Å². The molecular weight excluding hydrogens is 334 g/mol. The first-order valence-corrected chi connectivity index (χ1v) is 9.42. The van der Waals surface area contributed by atoms with Gasteiger partial charge < -0.3 is 5.32 Å². The Balaban J connectivity index is 1.97. The molecule has 0 saturated heterocycles. The van der Waals surface area contributed by atoms with E-state index in [0.717, 1.165) is 18.4 Å². The second-order valence-corrected chi connectivity index (χ2v) is 7.83. The molecular formula is C24H29NO2. The van der Waals surface area contributed by atoms with Gasteiger partial charge in [-0.15, -0.1) is 0 Å². The van der Waals surface area contributed by atoms with Crippen molar-refractivity contribution in [2.24, 2.45) is 0 Å². The maximum atomic E-state index is 12.4. The standard InChI is InChI=1S/C24H29NO2/c1-18(26)22(17-20-12-14-21(15-13-20)24(2,3)4)23(27)25-16-8-11-19-9-6-5-7-10-19/h5-7,9-10,12-15,17H,8,11,16H2,1-4H3,(H,25,27). The number of hydrogen-bond acceptors (Lipinski definition) is 2. The fourth-order valence-corrected chi connectivity index (χ4v) is 2.81. The zero-order valence-electron chi connectivity index (χ0n) is 16.7. The smallest absolute Gasteiger partial charge is 0.254 e. The second-order valence-electron chi connectivity index (χ2n) is 7.83. The summed E-state index contributed by atoms with van der Waals surface area (Å²) < 4.78 is 0. The average Bonchev–Trinajstić information content (AvgIpc) is 2.63. The third-order valence-corrected chi connectivity index (χ3v) is 4.48. The number of hydrogen-bond donors (Lipinski definition) is 1. The molecule has 0 spiro atoms. The van der Waals surface area contributed by atoms with Gasteiger partial charge in [0.05, 0.1) is 5.57 Å². The van der Waals surface area contributed by atoms with Gasteiger partial charge in [0.25, 0.3) is 5.91 Å². The van der Waals surface area contributed by atoms with E-state index in [4.69, 9.17) is 0 Å². The van der Waals surface area contributed by atoms with Gasteiger partial charge in [0.15, 0.2) is 5.78 Å². The summed E-state index contributed by atoms with van der Waals surface area (Å²) in [7, 11) is 0. The van der Waals surface area contributed by atoms with E-state index in [2.05, 4.69) is 38.2 Å². The van der Waals surface area contributed by atoms with E-state index in [1.807, 2.05) is 42.5 Å². The molecule has 0 saturated carbocycles. The van der Waals surface area contributed by atoms with Gasteiger partial charge in [-0.25, -0.2) is 0 Å². The first-order chi connectivity index (χ1) is 12.8. The highest BCUT2D eigenvalue weighted by Crippen LogP contribution is 2.22. The van der Waals surface area contributed by atoms with E-state index >= 15 is 0 Å². The monoisotopic (exact) mass is 363 g/mol. The first kappa shape index (κ1) is 20.6. The van der Waals surface area contributed by atoms with Crippen LogP contribution in [0, 0.1) is 0 Å². The predicted molar refractivity (Wildman–Crippen MR) is 112 cm³/mol. The van der Waals surface area contributed by atoms with Gasteiger partial charge in [-0.1, -0.05) is 75.4 Å². The number of Topliss-reactive ketones (excluding diaryl/α,β-unsaturated/α-hetero) is 1. The van der Waals surface area contributed by atoms with Gasteiger partial charge in [-0.2, -0.15) is 0 Å². The van der Waals surface area contributed by atoms with E-state index < -0.39 is 0 Å². The highest BCUT2D eigenvalue weighted by molar-refractivity contribution is 6.21. The van der Waals surface area contributed by atoms with Crippen LogP contribution >= 0.6 is 0 Å². The van der Waals surface area contributed by atoms with Crippen molar-refractivity contribution < 1.29 is 9.59 Å². The van der Waals surface area contributed by atoms with Crippen LogP contribution in [0.2, 0.25) is 0 Å². The van der Waals surface area contributed by atoms with Gasteiger partial charge in [-0.05, 0) is 47.9 Å². The molecule has 0 heterocycles. The Kier molecular flexibility index (Phi) is 7.12. The molecule has 0 radical (unpaired) electrons. The van der Waals surface area contributed by atoms with Crippen molar-refractivity contribution >= 4 is 17.8 Å². The fourth-order valence-electron chi connectivity index (χ4n) is 2.81. The largest absolute Gasteiger partial charge is 0.352 e. The molecule has 0 unspecified atom stereocenters. The van der Waals surface area contributed by atoms with Crippen LogP contribution < -0.4 is 5.32 Å². The minimum atomic E-state index is -0.310. The summed E-state index contributed by atoms with van der Waals surface area (Å²) in [5.41, 5.74) is 3.58. The van der Waals surface area contributed by atoms with Crippen LogP contribution in [0.25, 0.3) is 6.08 Å². The Morgan fingerprint density at radius 1 is 0.963 bits per heavy atom. The molecule has 3 heteroatoms. The number of carbonyl (C=O) groups excluding carboxylic acids is 2.